The number of piperazine rings is 2. The summed E-state index contributed by atoms with van der Waals surface area (Å²) in [4.78, 5) is 36.7. The fourth-order valence-electron chi connectivity index (χ4n) is 9.15. The molecule has 3 fully saturated rings. The van der Waals surface area contributed by atoms with Crippen molar-refractivity contribution in [2.24, 2.45) is 5.41 Å². The monoisotopic (exact) mass is 952 g/mol. The van der Waals surface area contributed by atoms with Gasteiger partial charge in [-0.1, -0.05) is 56.3 Å². The zero-order valence-electron chi connectivity index (χ0n) is 40.4. The number of nitrogens with one attached hydrogen (secondary N) is 1. The van der Waals surface area contributed by atoms with Crippen molar-refractivity contribution in [1.29, 1.82) is 0 Å². The number of carbonyl (C=O) groups excluding carboxylic acids is 1. The Morgan fingerprint density at radius 3 is 2.29 bits per heavy atom. The van der Waals surface area contributed by atoms with Gasteiger partial charge in [0.2, 0.25) is 0 Å². The predicted molar refractivity (Wildman–Crippen MR) is 266 cm³/mol. The lowest BCUT2D eigenvalue weighted by Crippen LogP contribution is -2.55. The molecule has 7 rings (SSSR count). The molecule has 66 heavy (non-hydrogen) atoms. The molecule has 3 aliphatic rings. The fourth-order valence-corrected chi connectivity index (χ4v) is 9.15. The van der Waals surface area contributed by atoms with Gasteiger partial charge in [0, 0.05) is 82.5 Å². The highest BCUT2D eigenvalue weighted by Crippen LogP contribution is 2.43. The van der Waals surface area contributed by atoms with E-state index in [9.17, 15) is 14.7 Å². The standard InChI is InChI=1S/C49H69BN6O8.2ClH/c1-33(2)61-25-24-56-42-17-16-36(50-63-48(6,7)49(8,9)64-50)26-38(42)40(28-47(4,5)32-53-19-18-51-41(30-53)45(57)58)44(56)39-27-37(29-52-43(39)34(3)60-10)54-20-22-55(23-21-54)46(59)62-31-35-14-12-11-13-15-35;;/h11-17,26-27,29,33-34,41,51H,18-25,28,30-32H2,1-10H3,(H,57,58);2*1H/t34-,41-;;/m0../s1. The van der Waals surface area contributed by atoms with Crippen molar-refractivity contribution < 1.29 is 38.2 Å². The van der Waals surface area contributed by atoms with E-state index in [0.717, 1.165) is 56.7 Å². The van der Waals surface area contributed by atoms with Gasteiger partial charge < -0.3 is 48.3 Å². The van der Waals surface area contributed by atoms with Crippen molar-refractivity contribution in [2.75, 3.05) is 71.0 Å². The third-order valence-electron chi connectivity index (χ3n) is 13.4. The number of carboxylic acid groups (broad SMARTS) is 1. The molecule has 2 atom stereocenters. The molecule has 2 N–H and O–H groups in total. The van der Waals surface area contributed by atoms with Crippen LogP contribution in [0.25, 0.3) is 22.2 Å². The highest BCUT2D eigenvalue weighted by Gasteiger charge is 2.52. The molecule has 3 aliphatic heterocycles. The van der Waals surface area contributed by atoms with E-state index < -0.39 is 30.3 Å². The third-order valence-corrected chi connectivity index (χ3v) is 13.4. The maximum atomic E-state index is 13.2. The predicted octanol–water partition coefficient (Wildman–Crippen LogP) is 7.36. The van der Waals surface area contributed by atoms with Crippen LogP contribution in [0.2, 0.25) is 0 Å². The van der Waals surface area contributed by atoms with Gasteiger partial charge in [0.1, 0.15) is 12.6 Å². The Morgan fingerprint density at radius 2 is 1.65 bits per heavy atom. The Kier molecular flexibility index (Phi) is 17.7. The fraction of sp³-hybridized carbons (Fsp3) is 0.571. The van der Waals surface area contributed by atoms with Crippen molar-refractivity contribution in [2.45, 2.75) is 111 Å². The average Bonchev–Trinajstić information content (AvgIpc) is 3.68. The zero-order valence-corrected chi connectivity index (χ0v) is 42.1. The molecule has 0 aliphatic carbocycles. The van der Waals surface area contributed by atoms with Crippen LogP contribution < -0.4 is 15.7 Å². The van der Waals surface area contributed by atoms with Crippen molar-refractivity contribution in [3.63, 3.8) is 0 Å². The van der Waals surface area contributed by atoms with E-state index in [2.05, 4.69) is 99.3 Å². The second-order valence-corrected chi connectivity index (χ2v) is 19.7. The molecular formula is C49H71BCl2N6O8. The molecule has 2 aromatic heterocycles. The number of carbonyl (C=O) groups is 2. The first kappa shape index (κ1) is 53.0. The number of rotatable bonds is 16. The van der Waals surface area contributed by atoms with Gasteiger partial charge in [-0.3, -0.25) is 14.7 Å². The van der Waals surface area contributed by atoms with E-state index in [-0.39, 0.29) is 55.1 Å². The molecule has 0 radical (unpaired) electrons. The molecule has 362 valence electrons. The lowest BCUT2D eigenvalue weighted by atomic mass is 9.77. The molecular weight excluding hydrogens is 882 g/mol. The Hall–Kier alpha value is -3.93. The van der Waals surface area contributed by atoms with Crippen LogP contribution in [0, 0.1) is 5.41 Å². The summed E-state index contributed by atoms with van der Waals surface area (Å²) >= 11 is 0. The Balaban J connectivity index is 0.00000408. The minimum absolute atomic E-state index is 0. The highest BCUT2D eigenvalue weighted by atomic mass is 35.5. The van der Waals surface area contributed by atoms with Gasteiger partial charge in [0.15, 0.2) is 0 Å². The van der Waals surface area contributed by atoms with E-state index in [0.29, 0.717) is 65.4 Å². The topological polar surface area (TPSA) is 140 Å². The van der Waals surface area contributed by atoms with Crippen LogP contribution in [0.1, 0.15) is 85.2 Å². The van der Waals surface area contributed by atoms with Gasteiger partial charge in [0.25, 0.3) is 0 Å². The Morgan fingerprint density at radius 1 is 0.970 bits per heavy atom. The number of pyridine rings is 1. The second kappa shape index (κ2) is 22.0. The lowest BCUT2D eigenvalue weighted by Gasteiger charge is -2.37. The van der Waals surface area contributed by atoms with E-state index in [1.807, 2.05) is 43.5 Å². The zero-order chi connectivity index (χ0) is 46.0. The summed E-state index contributed by atoms with van der Waals surface area (Å²) in [5.74, 6) is -0.830. The van der Waals surface area contributed by atoms with Crippen molar-refractivity contribution in [3.05, 3.63) is 77.6 Å². The Labute approximate surface area is 404 Å². The molecule has 2 aromatic carbocycles. The number of amides is 1. The molecule has 0 unspecified atom stereocenters. The molecule has 14 nitrogen and oxygen atoms in total. The van der Waals surface area contributed by atoms with E-state index >= 15 is 0 Å². The molecule has 3 saturated heterocycles. The summed E-state index contributed by atoms with van der Waals surface area (Å²) < 4.78 is 33.6. The smallest absolute Gasteiger partial charge is 0.480 e. The summed E-state index contributed by atoms with van der Waals surface area (Å²) in [6, 6.07) is 17.9. The number of aliphatic carboxylic acids is 1. The van der Waals surface area contributed by atoms with Gasteiger partial charge >= 0.3 is 19.2 Å². The number of aromatic nitrogens is 2. The quantitative estimate of drug-likeness (QED) is 0.109. The van der Waals surface area contributed by atoms with Crippen LogP contribution in [0.4, 0.5) is 10.5 Å². The summed E-state index contributed by atoms with van der Waals surface area (Å²) in [6.45, 7) is 25.1. The number of hydrogen-bond donors (Lipinski definition) is 2. The minimum atomic E-state index is -0.830. The summed E-state index contributed by atoms with van der Waals surface area (Å²) in [6.07, 6.45) is 2.02. The number of ether oxygens (including phenoxy) is 3. The van der Waals surface area contributed by atoms with Crippen LogP contribution in [0.15, 0.2) is 60.8 Å². The number of nitrogens with zero attached hydrogens (tertiary/aromatic N) is 5. The van der Waals surface area contributed by atoms with Crippen LogP contribution >= 0.6 is 24.8 Å². The van der Waals surface area contributed by atoms with Gasteiger partial charge in [-0.15, -0.1) is 24.8 Å². The molecule has 5 heterocycles. The third kappa shape index (κ3) is 12.0. The number of halogens is 2. The van der Waals surface area contributed by atoms with Crippen LogP contribution in [0.5, 0.6) is 0 Å². The maximum Gasteiger partial charge on any atom is 0.494 e. The largest absolute Gasteiger partial charge is 0.494 e. The Bertz CT molecular complexity index is 2250. The van der Waals surface area contributed by atoms with Gasteiger partial charge in [-0.2, -0.15) is 0 Å². The normalized spacial score (nSPS) is 19.1. The summed E-state index contributed by atoms with van der Waals surface area (Å²) in [7, 11) is 1.16. The number of methoxy groups -OCH3 is 1. The summed E-state index contributed by atoms with van der Waals surface area (Å²) in [5, 5.41) is 14.1. The molecule has 4 aromatic rings. The van der Waals surface area contributed by atoms with Crippen LogP contribution in [-0.4, -0.2) is 133 Å². The van der Waals surface area contributed by atoms with Crippen molar-refractivity contribution in [1.82, 2.24) is 24.7 Å². The van der Waals surface area contributed by atoms with Crippen molar-refractivity contribution in [3.8, 4) is 11.3 Å². The first-order chi connectivity index (χ1) is 30.4. The number of benzene rings is 2. The number of anilines is 1. The van der Waals surface area contributed by atoms with Gasteiger partial charge in [0.05, 0.1) is 53.3 Å². The molecule has 0 bridgehead atoms. The first-order valence-corrected chi connectivity index (χ1v) is 22.9. The minimum Gasteiger partial charge on any atom is -0.480 e. The second-order valence-electron chi connectivity index (χ2n) is 19.7. The molecule has 0 saturated carbocycles. The van der Waals surface area contributed by atoms with E-state index in [1.165, 1.54) is 0 Å². The van der Waals surface area contributed by atoms with Crippen molar-refractivity contribution >= 4 is 66.0 Å². The summed E-state index contributed by atoms with van der Waals surface area (Å²) in [5.41, 5.74) is 6.59. The molecule has 0 spiro atoms. The van der Waals surface area contributed by atoms with Gasteiger partial charge in [-0.25, -0.2) is 4.79 Å². The van der Waals surface area contributed by atoms with Crippen LogP contribution in [0.3, 0.4) is 0 Å². The highest BCUT2D eigenvalue weighted by molar-refractivity contribution is 6.62. The first-order valence-electron chi connectivity index (χ1n) is 22.9. The number of hydrogen-bond acceptors (Lipinski definition) is 11. The van der Waals surface area contributed by atoms with Crippen LogP contribution in [-0.2, 0) is 47.9 Å². The number of fused-ring (bicyclic) bond motifs is 1. The van der Waals surface area contributed by atoms with Gasteiger partial charge in [-0.05, 0) is 89.0 Å². The number of carboxylic acids is 1. The van der Waals surface area contributed by atoms with E-state index in [1.54, 1.807) is 12.0 Å². The molecule has 1 amide bonds. The SMILES string of the molecule is CO[C@@H](C)c1ncc(N2CCN(C(=O)OCc3ccccc3)CC2)cc1-c1c(CC(C)(C)CN2CCN[C@H](C(=O)O)C2)c2cc(B3OC(C)(C)C(C)(C)O3)ccc2n1CCOC(C)C.Cl.Cl. The lowest BCUT2D eigenvalue weighted by molar-refractivity contribution is -0.140. The molecule has 17 heteroatoms. The maximum absolute atomic E-state index is 13.2. The van der Waals surface area contributed by atoms with E-state index in [4.69, 9.17) is 28.5 Å². The average molecular weight is 954 g/mol.